The third kappa shape index (κ3) is 3.95. The fourth-order valence-corrected chi connectivity index (χ4v) is 4.83. The van der Waals surface area contributed by atoms with Crippen LogP contribution in [0, 0.1) is 6.92 Å². The topological polar surface area (TPSA) is 124 Å². The van der Waals surface area contributed by atoms with E-state index in [0.29, 0.717) is 35.5 Å². The van der Waals surface area contributed by atoms with Crippen molar-refractivity contribution in [1.29, 1.82) is 0 Å². The van der Waals surface area contributed by atoms with Gasteiger partial charge in [0.2, 0.25) is 0 Å². The molecule has 5 rings (SSSR count). The minimum atomic E-state index is -3.04. The number of nitrogens with zero attached hydrogens (tertiary/aromatic N) is 5. The normalized spacial score (nSPS) is 28.0. The van der Waals surface area contributed by atoms with Crippen molar-refractivity contribution in [3.8, 4) is 0 Å². The molecule has 11 heteroatoms. The van der Waals surface area contributed by atoms with E-state index in [2.05, 4.69) is 25.3 Å². The summed E-state index contributed by atoms with van der Waals surface area (Å²) in [7, 11) is 0. The molecule has 4 atom stereocenters. The number of rotatable bonds is 4. The number of aromatic nitrogens is 3. The Balaban J connectivity index is 1.46. The highest BCUT2D eigenvalue weighted by Gasteiger charge is 2.49. The minimum absolute atomic E-state index is 0.0180. The number of nitrogens with one attached hydrogen (secondary N) is 1. The predicted octanol–water partition coefficient (Wildman–Crippen LogP) is 1.39. The third-order valence-corrected chi connectivity index (χ3v) is 6.47. The molecule has 2 aromatic heterocycles. The second-order valence-corrected chi connectivity index (χ2v) is 8.90. The quantitative estimate of drug-likeness (QED) is 0.633. The summed E-state index contributed by atoms with van der Waals surface area (Å²) >= 11 is 0. The van der Waals surface area contributed by atoms with Crippen molar-refractivity contribution in [2.75, 3.05) is 11.9 Å². The lowest BCUT2D eigenvalue weighted by atomic mass is 10.0. The first kappa shape index (κ1) is 21.8. The number of amides is 1. The Labute approximate surface area is 188 Å². The number of pyridine rings is 1. The van der Waals surface area contributed by atoms with Gasteiger partial charge in [-0.2, -0.15) is 0 Å². The maximum Gasteiger partial charge on any atom is 0.273 e. The molecule has 2 fully saturated rings. The molecule has 3 N–H and O–H groups in total. The van der Waals surface area contributed by atoms with Crippen LogP contribution in [0.15, 0.2) is 29.8 Å². The summed E-state index contributed by atoms with van der Waals surface area (Å²) < 4.78 is 28.9. The largest absolute Gasteiger partial charge is 0.390 e. The van der Waals surface area contributed by atoms with Crippen molar-refractivity contribution in [2.45, 2.75) is 62.9 Å². The van der Waals surface area contributed by atoms with Gasteiger partial charge in [0.05, 0.1) is 48.6 Å². The van der Waals surface area contributed by atoms with Gasteiger partial charge in [-0.3, -0.25) is 14.8 Å². The highest BCUT2D eigenvalue weighted by molar-refractivity contribution is 6.47. The van der Waals surface area contributed by atoms with Crippen molar-refractivity contribution in [2.24, 2.45) is 4.99 Å². The molecule has 1 saturated carbocycles. The van der Waals surface area contributed by atoms with E-state index in [1.165, 1.54) is 12.5 Å². The molecule has 2 aromatic rings. The highest BCUT2D eigenvalue weighted by atomic mass is 19.3. The van der Waals surface area contributed by atoms with Crippen LogP contribution in [0.5, 0.6) is 0 Å². The number of aliphatic imine (C=N–C) groups is 1. The molecule has 0 spiro atoms. The number of aliphatic hydroxyl groups excluding tert-OH is 2. The van der Waals surface area contributed by atoms with Gasteiger partial charge in [-0.1, -0.05) is 6.07 Å². The van der Waals surface area contributed by atoms with E-state index in [0.717, 1.165) is 10.5 Å². The Morgan fingerprint density at radius 1 is 1.24 bits per heavy atom. The molecular weight excluding hydrogens is 434 g/mol. The van der Waals surface area contributed by atoms with E-state index in [-0.39, 0.29) is 12.3 Å². The van der Waals surface area contributed by atoms with Crippen molar-refractivity contribution in [1.82, 2.24) is 19.9 Å². The van der Waals surface area contributed by atoms with Crippen molar-refractivity contribution >= 4 is 17.4 Å². The molecule has 0 radical (unpaired) electrons. The first-order valence-corrected chi connectivity index (χ1v) is 10.9. The molecule has 9 nitrogen and oxygen atoms in total. The summed E-state index contributed by atoms with van der Waals surface area (Å²) in [6.07, 6.45) is 3.09. The van der Waals surface area contributed by atoms with E-state index in [9.17, 15) is 23.8 Å². The standard InChI is InChI=1S/C22H24F2N6O3/c1-11-4-12(7-25-6-11)15-5-22(23,24)9-30(15)21(33)18-17-14(8-26-18)27-10-28-20(17)29-13-2-3-16(31)19(13)32/h4,6-7,10,13,15-16,19,31-32H,2-3,5,8-9H2,1H3,(H,27,28,29)/t13-,15-,16-,19+/m1/s1. The molecule has 33 heavy (non-hydrogen) atoms. The van der Waals surface area contributed by atoms with Gasteiger partial charge in [-0.15, -0.1) is 0 Å². The van der Waals surface area contributed by atoms with Crippen LogP contribution in [0.1, 0.15) is 47.7 Å². The van der Waals surface area contributed by atoms with E-state index in [1.807, 2.05) is 6.92 Å². The number of hydrogen-bond acceptors (Lipinski definition) is 8. The number of fused-ring (bicyclic) bond motifs is 1. The molecule has 3 aliphatic rings. The van der Waals surface area contributed by atoms with Crippen LogP contribution in [0.4, 0.5) is 14.6 Å². The number of likely N-dealkylation sites (tertiary alicyclic amines) is 1. The number of carbonyl (C=O) groups excluding carboxylic acids is 1. The van der Waals surface area contributed by atoms with E-state index in [1.54, 1.807) is 12.3 Å². The zero-order valence-electron chi connectivity index (χ0n) is 17.9. The van der Waals surface area contributed by atoms with Crippen molar-refractivity contribution in [3.63, 3.8) is 0 Å². The van der Waals surface area contributed by atoms with Crippen LogP contribution in [-0.2, 0) is 11.3 Å². The summed E-state index contributed by atoms with van der Waals surface area (Å²) in [4.78, 5) is 31.5. The molecule has 4 heterocycles. The number of hydrogen-bond donors (Lipinski definition) is 3. The molecule has 174 valence electrons. The summed E-state index contributed by atoms with van der Waals surface area (Å²) in [6.45, 7) is 1.23. The van der Waals surface area contributed by atoms with Crippen LogP contribution in [-0.4, -0.2) is 72.4 Å². The van der Waals surface area contributed by atoms with Gasteiger partial charge in [-0.05, 0) is 30.9 Å². The van der Waals surface area contributed by atoms with E-state index < -0.39 is 49.1 Å². The Hall–Kier alpha value is -3.05. The zero-order valence-corrected chi connectivity index (χ0v) is 17.9. The second-order valence-electron chi connectivity index (χ2n) is 8.90. The monoisotopic (exact) mass is 458 g/mol. The summed E-state index contributed by atoms with van der Waals surface area (Å²) in [6, 6.07) is 0.463. The fraction of sp³-hybridized carbons (Fsp3) is 0.500. The van der Waals surface area contributed by atoms with Gasteiger partial charge in [0.25, 0.3) is 11.8 Å². The summed E-state index contributed by atoms with van der Waals surface area (Å²) in [5.74, 6) is -3.37. The molecule has 1 amide bonds. The lowest BCUT2D eigenvalue weighted by molar-refractivity contribution is -0.126. The fourth-order valence-electron chi connectivity index (χ4n) is 4.83. The number of alkyl halides is 2. The molecule has 2 aliphatic heterocycles. The molecule has 0 aromatic carbocycles. The van der Waals surface area contributed by atoms with Crippen molar-refractivity contribution < 1.29 is 23.8 Å². The van der Waals surface area contributed by atoms with Crippen LogP contribution >= 0.6 is 0 Å². The Morgan fingerprint density at radius 2 is 2.06 bits per heavy atom. The van der Waals surface area contributed by atoms with Crippen LogP contribution in [0.25, 0.3) is 0 Å². The number of anilines is 1. The number of carbonyl (C=O) groups is 1. The average molecular weight is 458 g/mol. The number of aryl methyl sites for hydroxylation is 1. The first-order valence-electron chi connectivity index (χ1n) is 10.9. The number of aliphatic hydroxyl groups is 2. The first-order chi connectivity index (χ1) is 15.7. The minimum Gasteiger partial charge on any atom is -0.390 e. The van der Waals surface area contributed by atoms with Crippen LogP contribution in [0.3, 0.4) is 0 Å². The van der Waals surface area contributed by atoms with Gasteiger partial charge in [0.1, 0.15) is 17.9 Å². The van der Waals surface area contributed by atoms with Gasteiger partial charge < -0.3 is 20.4 Å². The summed E-state index contributed by atoms with van der Waals surface area (Å²) in [5.41, 5.74) is 2.24. The molecule has 1 saturated heterocycles. The van der Waals surface area contributed by atoms with Crippen LogP contribution in [0.2, 0.25) is 0 Å². The van der Waals surface area contributed by atoms with Crippen molar-refractivity contribution in [3.05, 3.63) is 47.2 Å². The Morgan fingerprint density at radius 3 is 2.79 bits per heavy atom. The van der Waals surface area contributed by atoms with E-state index >= 15 is 0 Å². The number of halogens is 2. The lowest BCUT2D eigenvalue weighted by Gasteiger charge is -2.25. The Bertz CT molecular complexity index is 1130. The summed E-state index contributed by atoms with van der Waals surface area (Å²) in [5, 5.41) is 23.1. The Kier molecular flexibility index (Phi) is 5.32. The lowest BCUT2D eigenvalue weighted by Crippen LogP contribution is -2.39. The third-order valence-electron chi connectivity index (χ3n) is 6.47. The molecule has 1 aliphatic carbocycles. The SMILES string of the molecule is Cc1cncc([C@H]2CC(F)(F)CN2C(=O)C2=NCc3ncnc(N[C@@H]4CC[C@@H](O)[C@H]4O)c32)c1. The molecular formula is C22H24F2N6O3. The highest BCUT2D eigenvalue weighted by Crippen LogP contribution is 2.42. The maximum atomic E-state index is 14.5. The predicted molar refractivity (Wildman–Crippen MR) is 114 cm³/mol. The molecule has 0 bridgehead atoms. The van der Waals surface area contributed by atoms with Crippen LogP contribution < -0.4 is 5.32 Å². The van der Waals surface area contributed by atoms with E-state index in [4.69, 9.17) is 0 Å². The smallest absolute Gasteiger partial charge is 0.273 e. The van der Waals surface area contributed by atoms with Gasteiger partial charge in [0, 0.05) is 18.8 Å². The van der Waals surface area contributed by atoms with Gasteiger partial charge in [0.15, 0.2) is 0 Å². The zero-order chi connectivity index (χ0) is 23.3. The van der Waals surface area contributed by atoms with Gasteiger partial charge >= 0.3 is 0 Å². The molecule has 0 unspecified atom stereocenters. The average Bonchev–Trinajstić information content (AvgIpc) is 3.45. The van der Waals surface area contributed by atoms with Gasteiger partial charge in [-0.25, -0.2) is 18.7 Å². The second kappa shape index (κ2) is 8.07. The maximum absolute atomic E-state index is 14.5.